The molecule has 5 aliphatic rings. The molecule has 0 spiro atoms. The molecule has 4 aromatic rings. The summed E-state index contributed by atoms with van der Waals surface area (Å²) >= 11 is 0. The van der Waals surface area contributed by atoms with Crippen LogP contribution >= 0.6 is 0 Å². The van der Waals surface area contributed by atoms with E-state index in [0.717, 1.165) is 19.6 Å². The molecule has 29 heteroatoms. The lowest BCUT2D eigenvalue weighted by molar-refractivity contribution is -0.442. The Bertz CT molecular complexity index is 4110. The van der Waals surface area contributed by atoms with E-state index in [1.165, 1.54) is 67.8 Å². The first-order valence-electron chi connectivity index (χ1n) is 43.0. The Morgan fingerprint density at radius 3 is 1.01 bits per heavy atom. The first kappa shape index (κ1) is 108. The van der Waals surface area contributed by atoms with Gasteiger partial charge in [0, 0.05) is 123 Å². The molecular weight excluding hydrogens is 1640 g/mol. The second-order valence-corrected chi connectivity index (χ2v) is 31.3. The first-order chi connectivity index (χ1) is 59.3. The Hall–Kier alpha value is -7.72. The summed E-state index contributed by atoms with van der Waals surface area (Å²) in [4.78, 5) is 55.7. The van der Waals surface area contributed by atoms with E-state index in [-0.39, 0.29) is 92.3 Å². The number of nitrogens with zero attached hydrogens (tertiary/aromatic N) is 5. The highest BCUT2D eigenvalue weighted by Crippen LogP contribution is 2.49. The maximum absolute atomic E-state index is 11.8. The van der Waals surface area contributed by atoms with Crippen molar-refractivity contribution in [2.24, 2.45) is 0 Å². The predicted octanol–water partition coefficient (Wildman–Crippen LogP) is 6.02. The van der Waals surface area contributed by atoms with Gasteiger partial charge in [-0.25, -0.2) is 4.79 Å². The zero-order valence-corrected chi connectivity index (χ0v) is 76.5. The van der Waals surface area contributed by atoms with Crippen LogP contribution in [-0.2, 0) is 121 Å². The quantitative estimate of drug-likeness (QED) is 0.0230. The second-order valence-electron chi connectivity index (χ2n) is 31.3. The van der Waals surface area contributed by atoms with Crippen LogP contribution in [0.2, 0.25) is 0 Å². The van der Waals surface area contributed by atoms with Crippen molar-refractivity contribution in [1.29, 1.82) is 0 Å². The van der Waals surface area contributed by atoms with E-state index in [1.54, 1.807) is 21.3 Å². The number of fused-ring (bicyclic) bond motifs is 4. The third-order valence-electron chi connectivity index (χ3n) is 21.5. The molecule has 0 saturated carbocycles. The van der Waals surface area contributed by atoms with Crippen molar-refractivity contribution in [2.45, 2.75) is 110 Å². The van der Waals surface area contributed by atoms with E-state index in [1.807, 2.05) is 0 Å². The number of benzene rings is 4. The fourth-order valence-corrected chi connectivity index (χ4v) is 15.0. The highest BCUT2D eigenvalue weighted by Gasteiger charge is 2.46. The van der Waals surface area contributed by atoms with Crippen LogP contribution in [0.15, 0.2) is 169 Å². The van der Waals surface area contributed by atoms with Gasteiger partial charge in [-0.15, -0.1) is 5.06 Å². The SMILES string of the molecule is C.CNC(=O)CCOCCOCCOCCOCCN1/C(=C/C=C/C=C/C2=[N+](CCOCCOCCOCCOC)c3ccccc3C2(C)C)C(C)(C)c2ccccc21.COCCOCCOCCOCC[N+]1=C(/C=C/C=C/C=C2/N(CCOCCOCCOCCOCCC(=O)ON3C(=O)CCC3=O)c3ccccc3C2(C)C)C(C)(C)c2ccccc21.[Cl-].[Cl-]. The Morgan fingerprint density at radius 2 is 0.664 bits per heavy atom. The molecule has 9 rings (SSSR count). The summed E-state index contributed by atoms with van der Waals surface area (Å²) in [5.41, 5.74) is 14.3. The number of carbonyl (C=O) groups excluding carboxylic acids is 4. The molecule has 0 aliphatic carbocycles. The Balaban J connectivity index is 0.000000435. The number of methoxy groups -OCH3 is 2. The van der Waals surface area contributed by atoms with Crippen molar-refractivity contribution in [3.63, 3.8) is 0 Å². The molecule has 0 unspecified atom stereocenters. The van der Waals surface area contributed by atoms with Crippen LogP contribution in [0, 0.1) is 0 Å². The number of hydrogen-bond acceptors (Lipinski definition) is 23. The molecule has 694 valence electrons. The predicted molar refractivity (Wildman–Crippen MR) is 477 cm³/mol. The van der Waals surface area contributed by atoms with E-state index < -0.39 is 17.8 Å². The standard InChI is InChI=1S/C49H68N3O12.C46H67N3O9.CH4.2ClH/c1-48(2)39-13-9-11-15-41(39)50(22-25-58-30-33-62-36-35-60-28-27-56-5)43(48)17-7-6-8-18-44-49(3,4)40-14-10-12-16-42(40)51(44)23-26-59-31-34-63-38-37-61-32-29-57-24-21-47(55)64-52-45(53)19-20-46(52)54;1-45(2)38-14-10-12-16-40(38)48(21-24-53-29-32-57-35-34-55-27-26-51-6)42(45)18-8-7-9-19-43-46(3,4)39-15-11-13-17-41(39)49(43)22-25-54-30-33-58-37-36-56-31-28-52-23-20-44(50)47-5;;;/h6-18H,19-38H2,1-5H3;7-19H,20-37H2,1-6H3;1H4;2*1H/q+1;;;;/p-1. The van der Waals surface area contributed by atoms with Gasteiger partial charge in [0.1, 0.15) is 13.2 Å². The largest absolute Gasteiger partial charge is 1.00 e. The molecule has 3 amide bonds. The highest BCUT2D eigenvalue weighted by molar-refractivity contribution is 6.04. The Morgan fingerprint density at radius 1 is 0.368 bits per heavy atom. The van der Waals surface area contributed by atoms with Crippen molar-refractivity contribution in [1.82, 2.24) is 10.4 Å². The minimum Gasteiger partial charge on any atom is -1.00 e. The number of nitrogens with one attached hydrogen (secondary N) is 1. The van der Waals surface area contributed by atoms with E-state index in [2.05, 4.69) is 237 Å². The summed E-state index contributed by atoms with van der Waals surface area (Å²) in [6.07, 6.45) is 22.1. The van der Waals surface area contributed by atoms with Gasteiger partial charge in [0.2, 0.25) is 17.3 Å². The number of imide groups is 1. The molecule has 0 bridgehead atoms. The maximum Gasteiger partial charge on any atom is 0.335 e. The molecule has 27 nitrogen and oxygen atoms in total. The third kappa shape index (κ3) is 34.0. The number of para-hydroxylation sites is 4. The highest BCUT2D eigenvalue weighted by atomic mass is 35.5. The normalized spacial score (nSPS) is 16.4. The topological polar surface area (TPSA) is 253 Å². The molecule has 125 heavy (non-hydrogen) atoms. The number of rotatable bonds is 61. The average Bonchev–Trinajstić information content (AvgIpc) is 1.62. The van der Waals surface area contributed by atoms with Crippen LogP contribution in [0.4, 0.5) is 22.7 Å². The van der Waals surface area contributed by atoms with Crippen molar-refractivity contribution in [3.8, 4) is 0 Å². The van der Waals surface area contributed by atoms with Crippen LogP contribution in [0.3, 0.4) is 0 Å². The molecular formula is C96H140Cl2N6O21. The van der Waals surface area contributed by atoms with Crippen LogP contribution in [0.5, 0.6) is 0 Å². The summed E-state index contributed by atoms with van der Waals surface area (Å²) in [6, 6.07) is 34.5. The van der Waals surface area contributed by atoms with Gasteiger partial charge in [-0.3, -0.25) is 14.4 Å². The van der Waals surface area contributed by atoms with Gasteiger partial charge in [-0.2, -0.15) is 9.15 Å². The van der Waals surface area contributed by atoms with Gasteiger partial charge in [-0.1, -0.05) is 144 Å². The van der Waals surface area contributed by atoms with E-state index >= 15 is 0 Å². The van der Waals surface area contributed by atoms with Gasteiger partial charge >= 0.3 is 5.97 Å². The van der Waals surface area contributed by atoms with Gasteiger partial charge < -0.3 is 121 Å². The summed E-state index contributed by atoms with van der Waals surface area (Å²) < 4.78 is 94.1. The van der Waals surface area contributed by atoms with E-state index in [0.29, 0.717) is 203 Å². The molecule has 5 heterocycles. The van der Waals surface area contributed by atoms with Crippen molar-refractivity contribution >= 4 is 57.9 Å². The molecule has 0 atom stereocenters. The number of anilines is 2. The average molecular weight is 1790 g/mol. The zero-order chi connectivity index (χ0) is 87.1. The van der Waals surface area contributed by atoms with Crippen LogP contribution in [-0.4, -0.2) is 295 Å². The van der Waals surface area contributed by atoms with Crippen LogP contribution in [0.1, 0.15) is 111 Å². The number of halogens is 2. The van der Waals surface area contributed by atoms with E-state index in [9.17, 15) is 19.2 Å². The molecule has 1 saturated heterocycles. The van der Waals surface area contributed by atoms with Gasteiger partial charge in [0.25, 0.3) is 11.8 Å². The number of carbonyl (C=O) groups is 4. The fraction of sp³-hybridized carbons (Fsp3) is 0.562. The van der Waals surface area contributed by atoms with Gasteiger partial charge in [-0.05, 0) is 63.1 Å². The van der Waals surface area contributed by atoms with Crippen molar-refractivity contribution in [3.05, 3.63) is 191 Å². The second kappa shape index (κ2) is 59.4. The molecule has 5 aliphatic heterocycles. The lowest BCUT2D eigenvalue weighted by atomic mass is 9.81. The lowest BCUT2D eigenvalue weighted by Gasteiger charge is -2.27. The zero-order valence-electron chi connectivity index (χ0n) is 74.9. The smallest absolute Gasteiger partial charge is 0.335 e. The number of hydrogen-bond donors (Lipinski definition) is 1. The van der Waals surface area contributed by atoms with Crippen molar-refractivity contribution < 1.29 is 134 Å². The molecule has 0 radical (unpaired) electrons. The lowest BCUT2D eigenvalue weighted by Crippen LogP contribution is -3.00. The number of allylic oxidation sites excluding steroid dienone is 12. The minimum atomic E-state index is -0.695. The van der Waals surface area contributed by atoms with Crippen LogP contribution < -0.4 is 39.9 Å². The summed E-state index contributed by atoms with van der Waals surface area (Å²) in [6.45, 7) is 35.7. The monoisotopic (exact) mass is 1780 g/mol. The molecule has 1 fully saturated rings. The summed E-state index contributed by atoms with van der Waals surface area (Å²) in [5, 5.41) is 3.10. The summed E-state index contributed by atoms with van der Waals surface area (Å²) in [7, 11) is 4.94. The molecule has 4 aromatic carbocycles. The number of ether oxygens (including phenoxy) is 16. The van der Waals surface area contributed by atoms with Crippen LogP contribution in [0.25, 0.3) is 0 Å². The third-order valence-corrected chi connectivity index (χ3v) is 21.5. The van der Waals surface area contributed by atoms with Crippen molar-refractivity contribution in [2.75, 3.05) is 255 Å². The maximum atomic E-state index is 11.8. The number of hydroxylamine groups is 2. The minimum absolute atomic E-state index is 0. The van der Waals surface area contributed by atoms with Gasteiger partial charge in [0.15, 0.2) is 24.5 Å². The molecule has 1 N–H and O–H groups in total. The Labute approximate surface area is 755 Å². The Kier molecular flexibility index (Phi) is 51.2. The number of amides is 3. The molecule has 0 aromatic heterocycles. The van der Waals surface area contributed by atoms with E-state index in [4.69, 9.17) is 80.6 Å². The summed E-state index contributed by atoms with van der Waals surface area (Å²) in [5.74, 6) is -1.74. The first-order valence-corrected chi connectivity index (χ1v) is 43.0. The van der Waals surface area contributed by atoms with Gasteiger partial charge in [0.05, 0.1) is 202 Å². The fourth-order valence-electron chi connectivity index (χ4n) is 15.0.